The average molecular weight is 95.1 g/mol. The fourth-order valence-corrected chi connectivity index (χ4v) is 0.602. The first-order valence-electron chi connectivity index (χ1n) is 2.46. The summed E-state index contributed by atoms with van der Waals surface area (Å²) in [6.45, 7) is 0. The molecule has 1 rings (SSSR count). The van der Waals surface area contributed by atoms with Crippen molar-refractivity contribution < 1.29 is 4.79 Å². The molecule has 0 spiro atoms. The zero-order chi connectivity index (χ0) is 5.11. The number of carbonyl (C=O) groups excluding carboxylic acids is 1. The van der Waals surface area contributed by atoms with Crippen molar-refractivity contribution in [2.24, 2.45) is 0 Å². The fraction of sp³-hybridized carbons (Fsp3) is 0.500. The lowest BCUT2D eigenvalue weighted by Gasteiger charge is -2.08. The lowest BCUT2D eigenvalue weighted by atomic mass is 9.97. The Bertz CT molecular complexity index is 103. The lowest BCUT2D eigenvalue weighted by molar-refractivity contribution is 0.553. The largest absolute Gasteiger partial charge is 0.291 e. The van der Waals surface area contributed by atoms with Gasteiger partial charge in [-0.05, 0) is 12.8 Å². The summed E-state index contributed by atoms with van der Waals surface area (Å²) in [4.78, 5) is 9.64. The van der Waals surface area contributed by atoms with Gasteiger partial charge in [-0.2, -0.15) is 0 Å². The quantitative estimate of drug-likeness (QED) is 0.471. The van der Waals surface area contributed by atoms with Crippen LogP contribution in [-0.2, 0) is 4.79 Å². The minimum atomic E-state index is 0.542. The summed E-state index contributed by atoms with van der Waals surface area (Å²) in [6, 6.07) is 0. The molecule has 0 N–H and O–H groups in total. The van der Waals surface area contributed by atoms with E-state index in [9.17, 15) is 4.79 Å². The summed E-state index contributed by atoms with van der Waals surface area (Å²) in [6.07, 6.45) is 6.77. The molecule has 7 heavy (non-hydrogen) atoms. The van der Waals surface area contributed by atoms with Crippen molar-refractivity contribution in [3.63, 3.8) is 0 Å². The second-order valence-corrected chi connectivity index (χ2v) is 1.72. The van der Waals surface area contributed by atoms with Gasteiger partial charge in [0.2, 0.25) is 6.29 Å². The van der Waals surface area contributed by atoms with Crippen LogP contribution < -0.4 is 0 Å². The molecule has 0 aromatic carbocycles. The third-order valence-corrected chi connectivity index (χ3v) is 1.20. The normalized spacial score (nSPS) is 17.4. The summed E-state index contributed by atoms with van der Waals surface area (Å²) in [5, 5.41) is 0. The molecule has 0 aromatic rings. The molecule has 0 saturated heterocycles. The van der Waals surface area contributed by atoms with E-state index in [0.29, 0.717) is 6.42 Å². The third kappa shape index (κ3) is 0.889. The second-order valence-electron chi connectivity index (χ2n) is 1.72. The van der Waals surface area contributed by atoms with Crippen LogP contribution in [0, 0.1) is 0 Å². The molecule has 0 aliphatic heterocycles. The predicted octanol–water partition coefficient (Wildman–Crippen LogP) is 1.21. The first kappa shape index (κ1) is 4.57. The summed E-state index contributed by atoms with van der Waals surface area (Å²) in [5.74, 6) is 0. The van der Waals surface area contributed by atoms with Crippen LogP contribution in [0.25, 0.3) is 0 Å². The number of allylic oxidation sites excluding steroid dienone is 2. The molecule has 0 saturated carbocycles. The fourth-order valence-electron chi connectivity index (χ4n) is 0.602. The molecular formula is C6H7O. The molecule has 0 bridgehead atoms. The molecule has 1 radical (unpaired) electrons. The predicted molar refractivity (Wildman–Crippen MR) is 27.6 cm³/mol. The van der Waals surface area contributed by atoms with Gasteiger partial charge >= 0.3 is 0 Å². The highest BCUT2D eigenvalue weighted by molar-refractivity contribution is 5.55. The van der Waals surface area contributed by atoms with Crippen LogP contribution in [0.4, 0.5) is 0 Å². The van der Waals surface area contributed by atoms with Gasteiger partial charge in [-0.3, -0.25) is 4.79 Å². The van der Waals surface area contributed by atoms with Crippen molar-refractivity contribution in [2.45, 2.75) is 19.3 Å². The zero-order valence-corrected chi connectivity index (χ0v) is 4.11. The van der Waals surface area contributed by atoms with E-state index in [1.54, 1.807) is 0 Å². The summed E-state index contributed by atoms with van der Waals surface area (Å²) >= 11 is 0. The van der Waals surface area contributed by atoms with Gasteiger partial charge in [-0.1, -0.05) is 11.6 Å². The van der Waals surface area contributed by atoms with Crippen molar-refractivity contribution in [3.8, 4) is 0 Å². The second kappa shape index (κ2) is 1.92. The topological polar surface area (TPSA) is 17.1 Å². The molecule has 0 aromatic heterocycles. The Balaban J connectivity index is 2.27. The minimum absolute atomic E-state index is 0.542. The smallest absolute Gasteiger partial charge is 0.202 e. The van der Waals surface area contributed by atoms with Crippen molar-refractivity contribution in [1.29, 1.82) is 0 Å². The molecule has 1 aliphatic rings. The maximum atomic E-state index is 9.64. The van der Waals surface area contributed by atoms with Gasteiger partial charge in [0.15, 0.2) is 0 Å². The molecule has 1 heteroatoms. The molecule has 1 nitrogen and oxygen atoms in total. The molecule has 0 unspecified atom stereocenters. The van der Waals surface area contributed by atoms with Crippen LogP contribution >= 0.6 is 0 Å². The van der Waals surface area contributed by atoms with E-state index >= 15 is 0 Å². The SMILES string of the molecule is O=[C]CC1=CCC1. The van der Waals surface area contributed by atoms with Gasteiger partial charge < -0.3 is 0 Å². The Morgan fingerprint density at radius 3 is 2.71 bits per heavy atom. The summed E-state index contributed by atoms with van der Waals surface area (Å²) < 4.78 is 0. The highest BCUT2D eigenvalue weighted by Gasteiger charge is 2.02. The van der Waals surface area contributed by atoms with E-state index in [1.807, 2.05) is 6.29 Å². The van der Waals surface area contributed by atoms with Crippen LogP contribution in [0.15, 0.2) is 11.6 Å². The Hall–Kier alpha value is -0.590. The summed E-state index contributed by atoms with van der Waals surface area (Å²) in [5.41, 5.74) is 1.26. The van der Waals surface area contributed by atoms with Crippen LogP contribution in [0.3, 0.4) is 0 Å². The van der Waals surface area contributed by atoms with Crippen molar-refractivity contribution >= 4 is 6.29 Å². The van der Waals surface area contributed by atoms with Crippen molar-refractivity contribution in [2.75, 3.05) is 0 Å². The number of hydrogen-bond acceptors (Lipinski definition) is 1. The van der Waals surface area contributed by atoms with Gasteiger partial charge in [0, 0.05) is 6.42 Å². The molecule has 37 valence electrons. The van der Waals surface area contributed by atoms with E-state index in [0.717, 1.165) is 12.8 Å². The van der Waals surface area contributed by atoms with Crippen LogP contribution in [0.2, 0.25) is 0 Å². The molecule has 1 aliphatic carbocycles. The van der Waals surface area contributed by atoms with Crippen LogP contribution in [0.1, 0.15) is 19.3 Å². The maximum absolute atomic E-state index is 9.64. The standard InChI is InChI=1S/C6H7O/c7-5-4-6-2-1-3-6/h2H,1,3-4H2. The van der Waals surface area contributed by atoms with Crippen molar-refractivity contribution in [1.82, 2.24) is 0 Å². The van der Waals surface area contributed by atoms with E-state index < -0.39 is 0 Å². The zero-order valence-electron chi connectivity index (χ0n) is 4.11. The molecule has 0 fully saturated rings. The van der Waals surface area contributed by atoms with Gasteiger partial charge in [-0.15, -0.1) is 0 Å². The monoisotopic (exact) mass is 95.0 g/mol. The van der Waals surface area contributed by atoms with Gasteiger partial charge in [0.1, 0.15) is 0 Å². The number of hydrogen-bond donors (Lipinski definition) is 0. The van der Waals surface area contributed by atoms with E-state index in [1.165, 1.54) is 5.57 Å². The van der Waals surface area contributed by atoms with Gasteiger partial charge in [0.05, 0.1) is 0 Å². The van der Waals surface area contributed by atoms with Crippen LogP contribution in [-0.4, -0.2) is 6.29 Å². The first-order chi connectivity index (χ1) is 3.43. The maximum Gasteiger partial charge on any atom is 0.202 e. The summed E-state index contributed by atoms with van der Waals surface area (Å²) in [7, 11) is 0. The lowest BCUT2D eigenvalue weighted by Crippen LogP contribution is -1.92. The third-order valence-electron chi connectivity index (χ3n) is 1.20. The highest BCUT2D eigenvalue weighted by atomic mass is 16.1. The average Bonchev–Trinajstić information content (AvgIpc) is 1.55. The molecule has 0 atom stereocenters. The minimum Gasteiger partial charge on any atom is -0.291 e. The van der Waals surface area contributed by atoms with E-state index in [4.69, 9.17) is 0 Å². The highest BCUT2D eigenvalue weighted by Crippen LogP contribution is 2.19. The Labute approximate surface area is 43.0 Å². The Morgan fingerprint density at radius 2 is 2.57 bits per heavy atom. The van der Waals surface area contributed by atoms with Gasteiger partial charge in [-0.25, -0.2) is 0 Å². The first-order valence-corrected chi connectivity index (χ1v) is 2.46. The van der Waals surface area contributed by atoms with E-state index in [2.05, 4.69) is 6.08 Å². The molecule has 0 heterocycles. The van der Waals surface area contributed by atoms with Crippen molar-refractivity contribution in [3.05, 3.63) is 11.6 Å². The van der Waals surface area contributed by atoms with Crippen LogP contribution in [0.5, 0.6) is 0 Å². The Morgan fingerprint density at radius 1 is 1.86 bits per heavy atom. The van der Waals surface area contributed by atoms with E-state index in [-0.39, 0.29) is 0 Å². The number of rotatable bonds is 2. The Kier molecular flexibility index (Phi) is 1.25. The molecular weight excluding hydrogens is 88.1 g/mol. The molecule has 0 amide bonds. The van der Waals surface area contributed by atoms with Gasteiger partial charge in [0.25, 0.3) is 0 Å².